The zero-order valence-corrected chi connectivity index (χ0v) is 9.77. The van der Waals surface area contributed by atoms with Gasteiger partial charge in [-0.15, -0.1) is 5.10 Å². The summed E-state index contributed by atoms with van der Waals surface area (Å²) in [6, 6.07) is 3.41. The van der Waals surface area contributed by atoms with Crippen LogP contribution >= 0.6 is 0 Å². The molecule has 0 aliphatic heterocycles. The quantitative estimate of drug-likeness (QED) is 0.691. The van der Waals surface area contributed by atoms with Gasteiger partial charge >= 0.3 is 12.3 Å². The lowest BCUT2D eigenvalue weighted by Crippen LogP contribution is -2.32. The molecule has 108 valence electrons. The van der Waals surface area contributed by atoms with Crippen LogP contribution in [0.1, 0.15) is 0 Å². The summed E-state index contributed by atoms with van der Waals surface area (Å²) in [5.74, 6) is -5.35. The zero-order valence-electron chi connectivity index (χ0n) is 9.77. The first kappa shape index (κ1) is 14.2. The molecule has 0 fully saturated rings. The first-order chi connectivity index (χ1) is 9.31. The molecule has 0 unspecified atom stereocenters. The Kier molecular flexibility index (Phi) is 3.55. The molecule has 0 aliphatic carbocycles. The minimum absolute atomic E-state index is 0.0479. The molecule has 2 rings (SSSR count). The van der Waals surface area contributed by atoms with Gasteiger partial charge in [0.1, 0.15) is 12.4 Å². The third-order valence-corrected chi connectivity index (χ3v) is 2.47. The number of hydrogen-bond acceptors (Lipinski definition) is 4. The molecule has 0 radical (unpaired) electrons. The highest BCUT2D eigenvalue weighted by atomic mass is 19.3. The number of nitrogens with zero attached hydrogens (tertiary/aromatic N) is 4. The van der Waals surface area contributed by atoms with Crippen molar-refractivity contribution in [3.8, 4) is 11.4 Å². The molecule has 1 aromatic heterocycles. The van der Waals surface area contributed by atoms with Gasteiger partial charge < -0.3 is 5.73 Å². The number of anilines is 1. The number of nitrogen functional groups attached to an aromatic ring is 1. The largest absolute Gasteiger partial charge is 0.396 e. The lowest BCUT2D eigenvalue weighted by atomic mass is 10.2. The van der Waals surface area contributed by atoms with Crippen LogP contribution in [0.3, 0.4) is 0 Å². The molecule has 5 nitrogen and oxygen atoms in total. The van der Waals surface area contributed by atoms with Crippen molar-refractivity contribution >= 4 is 5.69 Å². The highest BCUT2D eigenvalue weighted by molar-refractivity contribution is 5.59. The average Bonchev–Trinajstić information content (AvgIpc) is 2.80. The summed E-state index contributed by atoms with van der Waals surface area (Å²) < 4.78 is 64.1. The van der Waals surface area contributed by atoms with Crippen LogP contribution in [-0.4, -0.2) is 32.6 Å². The first-order valence-electron chi connectivity index (χ1n) is 5.29. The summed E-state index contributed by atoms with van der Waals surface area (Å²) in [7, 11) is 0. The van der Waals surface area contributed by atoms with E-state index >= 15 is 0 Å². The van der Waals surface area contributed by atoms with Crippen LogP contribution in [0.15, 0.2) is 18.2 Å². The number of alkyl halides is 4. The lowest BCUT2D eigenvalue weighted by Gasteiger charge is -2.15. The maximum Gasteiger partial charge on any atom is 0.326 e. The molecule has 0 amide bonds. The van der Waals surface area contributed by atoms with Crippen LogP contribution in [0.25, 0.3) is 11.4 Å². The van der Waals surface area contributed by atoms with E-state index < -0.39 is 24.7 Å². The van der Waals surface area contributed by atoms with Crippen molar-refractivity contribution in [2.45, 2.75) is 18.9 Å². The van der Waals surface area contributed by atoms with E-state index in [4.69, 9.17) is 5.73 Å². The van der Waals surface area contributed by atoms with E-state index in [0.717, 1.165) is 6.07 Å². The summed E-state index contributed by atoms with van der Waals surface area (Å²) in [6.07, 6.45) is -3.86. The summed E-state index contributed by atoms with van der Waals surface area (Å²) in [4.78, 5) is 0. The normalized spacial score (nSPS) is 12.1. The Morgan fingerprint density at radius 1 is 1.30 bits per heavy atom. The zero-order chi connectivity index (χ0) is 14.9. The second-order valence-corrected chi connectivity index (χ2v) is 3.96. The third kappa shape index (κ3) is 2.68. The van der Waals surface area contributed by atoms with E-state index in [1.54, 1.807) is 0 Å². The molecule has 10 heteroatoms. The first-order valence-corrected chi connectivity index (χ1v) is 5.29. The van der Waals surface area contributed by atoms with E-state index in [9.17, 15) is 22.0 Å². The minimum Gasteiger partial charge on any atom is -0.396 e. The highest BCUT2D eigenvalue weighted by Crippen LogP contribution is 2.27. The summed E-state index contributed by atoms with van der Waals surface area (Å²) in [5.41, 5.74) is 5.17. The van der Waals surface area contributed by atoms with Crippen LogP contribution < -0.4 is 5.73 Å². The predicted octanol–water partition coefficient (Wildman–Crippen LogP) is 1.96. The third-order valence-electron chi connectivity index (χ3n) is 2.47. The maximum atomic E-state index is 13.3. The van der Waals surface area contributed by atoms with Crippen molar-refractivity contribution in [3.05, 3.63) is 24.0 Å². The predicted molar refractivity (Wildman–Crippen MR) is 58.6 cm³/mol. The van der Waals surface area contributed by atoms with E-state index in [1.807, 2.05) is 0 Å². The molecule has 1 aromatic carbocycles. The summed E-state index contributed by atoms with van der Waals surface area (Å²) >= 11 is 0. The second kappa shape index (κ2) is 5.02. The highest BCUT2D eigenvalue weighted by Gasteiger charge is 2.42. The van der Waals surface area contributed by atoms with E-state index in [-0.39, 0.29) is 17.1 Å². The van der Waals surface area contributed by atoms with E-state index in [0.29, 0.717) is 4.68 Å². The molecule has 0 saturated heterocycles. The number of aromatic nitrogens is 4. The van der Waals surface area contributed by atoms with Crippen molar-refractivity contribution < 1.29 is 22.0 Å². The van der Waals surface area contributed by atoms with Gasteiger partial charge in [-0.1, -0.05) is 0 Å². The Morgan fingerprint density at radius 3 is 2.60 bits per heavy atom. The van der Waals surface area contributed by atoms with Crippen LogP contribution in [0.5, 0.6) is 0 Å². The van der Waals surface area contributed by atoms with Gasteiger partial charge in [0.2, 0.25) is 0 Å². The number of tetrazole rings is 1. The lowest BCUT2D eigenvalue weighted by molar-refractivity contribution is -0.139. The molecule has 20 heavy (non-hydrogen) atoms. The molecule has 2 N–H and O–H groups in total. The van der Waals surface area contributed by atoms with Gasteiger partial charge in [0.25, 0.3) is 0 Å². The van der Waals surface area contributed by atoms with Crippen molar-refractivity contribution in [3.63, 3.8) is 0 Å². The summed E-state index contributed by atoms with van der Waals surface area (Å²) in [5, 5.41) is 9.74. The van der Waals surface area contributed by atoms with Gasteiger partial charge in [-0.05, 0) is 28.6 Å². The Morgan fingerprint density at radius 2 is 2.00 bits per heavy atom. The van der Waals surface area contributed by atoms with Crippen LogP contribution in [0.4, 0.5) is 27.6 Å². The molecule has 0 saturated carbocycles. The van der Waals surface area contributed by atoms with Gasteiger partial charge in [0.15, 0.2) is 5.82 Å². The van der Waals surface area contributed by atoms with Gasteiger partial charge in [0, 0.05) is 5.56 Å². The van der Waals surface area contributed by atoms with E-state index in [2.05, 4.69) is 15.5 Å². The Labute approximate surface area is 109 Å². The fraction of sp³-hybridized carbons (Fsp3) is 0.300. The second-order valence-electron chi connectivity index (χ2n) is 3.96. The monoisotopic (exact) mass is 293 g/mol. The van der Waals surface area contributed by atoms with Crippen molar-refractivity contribution in [1.29, 1.82) is 0 Å². The fourth-order valence-corrected chi connectivity index (χ4v) is 1.45. The number of halogens is 5. The molecular formula is C10H8F5N5. The van der Waals surface area contributed by atoms with Gasteiger partial charge in [-0.3, -0.25) is 0 Å². The van der Waals surface area contributed by atoms with E-state index in [1.165, 1.54) is 12.1 Å². The number of benzene rings is 1. The molecular weight excluding hydrogens is 285 g/mol. The molecule has 0 spiro atoms. The van der Waals surface area contributed by atoms with Crippen LogP contribution in [0.2, 0.25) is 0 Å². The Hall–Kier alpha value is -2.26. The van der Waals surface area contributed by atoms with Crippen LogP contribution in [0, 0.1) is 5.82 Å². The van der Waals surface area contributed by atoms with Gasteiger partial charge in [-0.2, -0.15) is 8.78 Å². The molecule has 0 atom stereocenters. The molecule has 0 aliphatic rings. The Balaban J connectivity index is 2.35. The average molecular weight is 293 g/mol. The minimum atomic E-state index is -4.30. The maximum absolute atomic E-state index is 13.3. The topological polar surface area (TPSA) is 69.6 Å². The standard InChI is InChI=1S/C10H8F5N5/c11-6-3-5(1-2-7(6)16)8-17-18-19-20(8)4-10(14,15)9(12)13/h1-3,9H,4,16H2. The molecule has 2 aromatic rings. The van der Waals surface area contributed by atoms with Crippen molar-refractivity contribution in [2.24, 2.45) is 0 Å². The van der Waals surface area contributed by atoms with Gasteiger partial charge in [-0.25, -0.2) is 17.9 Å². The smallest absolute Gasteiger partial charge is 0.326 e. The fourth-order valence-electron chi connectivity index (χ4n) is 1.45. The van der Waals surface area contributed by atoms with Gasteiger partial charge in [0.05, 0.1) is 5.69 Å². The number of hydrogen-bond donors (Lipinski definition) is 1. The summed E-state index contributed by atoms with van der Waals surface area (Å²) in [6.45, 7) is -1.42. The van der Waals surface area contributed by atoms with Crippen LogP contribution in [-0.2, 0) is 6.54 Å². The number of rotatable bonds is 4. The van der Waals surface area contributed by atoms with Crippen molar-refractivity contribution in [2.75, 3.05) is 5.73 Å². The SMILES string of the molecule is Nc1ccc(-c2nnnn2CC(F)(F)C(F)F)cc1F. The molecule has 0 bridgehead atoms. The van der Waals surface area contributed by atoms with Crippen molar-refractivity contribution in [1.82, 2.24) is 20.2 Å². The Bertz CT molecular complexity index is 612. The number of nitrogens with two attached hydrogens (primary N) is 1. The molecule has 1 heterocycles.